The van der Waals surface area contributed by atoms with Crippen LogP contribution in [0.4, 0.5) is 10.1 Å². The molecule has 15 heavy (non-hydrogen) atoms. The highest BCUT2D eigenvalue weighted by atomic mass is 19.1. The average Bonchev–Trinajstić information content (AvgIpc) is 2.20. The number of amides is 1. The number of carbonyl (C=O) groups excluding carboxylic acids is 1. The average molecular weight is 207 g/mol. The second-order valence-electron chi connectivity index (χ2n) is 3.08. The molecule has 1 amide bonds. The van der Waals surface area contributed by atoms with E-state index in [0.717, 1.165) is 12.1 Å². The molecule has 1 aromatic rings. The van der Waals surface area contributed by atoms with Crippen LogP contribution in [0, 0.1) is 17.1 Å². The predicted octanol–water partition coefficient (Wildman–Crippen LogP) is 0.983. The van der Waals surface area contributed by atoms with Crippen molar-refractivity contribution >= 4 is 11.6 Å². The van der Waals surface area contributed by atoms with Crippen molar-refractivity contribution in [2.45, 2.75) is 13.0 Å². The number of nitrogens with one attached hydrogen (secondary N) is 1. The van der Waals surface area contributed by atoms with E-state index in [2.05, 4.69) is 5.32 Å². The molecule has 5 heteroatoms. The fourth-order valence-corrected chi connectivity index (χ4v) is 0.965. The van der Waals surface area contributed by atoms with Crippen LogP contribution in [0.3, 0.4) is 0 Å². The molecule has 0 saturated heterocycles. The Morgan fingerprint density at radius 2 is 2.33 bits per heavy atom. The number of nitrogens with zero attached hydrogens (tertiary/aromatic N) is 1. The summed E-state index contributed by atoms with van der Waals surface area (Å²) < 4.78 is 12.7. The molecule has 78 valence electrons. The molecule has 0 aliphatic rings. The molecule has 0 bridgehead atoms. The molecule has 1 rings (SSSR count). The maximum atomic E-state index is 12.7. The summed E-state index contributed by atoms with van der Waals surface area (Å²) in [7, 11) is 0. The van der Waals surface area contributed by atoms with Crippen molar-refractivity contribution in [1.82, 2.24) is 0 Å². The fraction of sp³-hybridized carbons (Fsp3) is 0.200. The van der Waals surface area contributed by atoms with Gasteiger partial charge in [0.2, 0.25) is 5.91 Å². The van der Waals surface area contributed by atoms with Crippen LogP contribution in [-0.4, -0.2) is 11.9 Å². The van der Waals surface area contributed by atoms with Gasteiger partial charge in [0.05, 0.1) is 17.3 Å². The first-order valence-corrected chi connectivity index (χ1v) is 4.30. The molecule has 0 radical (unpaired) electrons. The normalized spacial score (nSPS) is 11.6. The molecule has 0 aliphatic carbocycles. The minimum Gasteiger partial charge on any atom is -0.324 e. The molecule has 3 N–H and O–H groups in total. The molecule has 4 nitrogen and oxygen atoms in total. The summed E-state index contributed by atoms with van der Waals surface area (Å²) in [5.41, 5.74) is 5.67. The highest BCUT2D eigenvalue weighted by Crippen LogP contribution is 2.15. The van der Waals surface area contributed by atoms with E-state index in [1.54, 1.807) is 6.07 Å². The zero-order valence-corrected chi connectivity index (χ0v) is 8.12. The number of hydrogen-bond acceptors (Lipinski definition) is 3. The maximum Gasteiger partial charge on any atom is 0.241 e. The van der Waals surface area contributed by atoms with Crippen molar-refractivity contribution in [1.29, 1.82) is 5.26 Å². The van der Waals surface area contributed by atoms with Crippen molar-refractivity contribution in [2.75, 3.05) is 5.32 Å². The van der Waals surface area contributed by atoms with Gasteiger partial charge in [-0.2, -0.15) is 5.26 Å². The summed E-state index contributed by atoms with van der Waals surface area (Å²) in [6, 6.07) is 4.65. The first-order valence-electron chi connectivity index (χ1n) is 4.30. The van der Waals surface area contributed by atoms with E-state index in [1.807, 2.05) is 0 Å². The zero-order valence-electron chi connectivity index (χ0n) is 8.12. The third-order valence-corrected chi connectivity index (χ3v) is 1.77. The standard InChI is InChI=1S/C10H10FN3O/c1-6(13)10(15)14-9-3-2-8(11)4-7(9)5-12/h2-4,6H,13H2,1H3,(H,14,15)/t6-/m0/s1. The molecule has 0 unspecified atom stereocenters. The lowest BCUT2D eigenvalue weighted by Crippen LogP contribution is -2.32. The number of nitrogens with two attached hydrogens (primary N) is 1. The topological polar surface area (TPSA) is 78.9 Å². The van der Waals surface area contributed by atoms with Gasteiger partial charge in [-0.1, -0.05) is 0 Å². The molecule has 0 aliphatic heterocycles. The first kappa shape index (κ1) is 11.1. The molecule has 0 saturated carbocycles. The molecular weight excluding hydrogens is 197 g/mol. The smallest absolute Gasteiger partial charge is 0.241 e. The molecule has 1 aromatic carbocycles. The van der Waals surface area contributed by atoms with E-state index >= 15 is 0 Å². The number of halogens is 1. The van der Waals surface area contributed by atoms with Gasteiger partial charge >= 0.3 is 0 Å². The molecular formula is C10H10FN3O. The Balaban J connectivity index is 2.96. The Hall–Kier alpha value is -1.93. The zero-order chi connectivity index (χ0) is 11.4. The van der Waals surface area contributed by atoms with Crippen molar-refractivity contribution in [3.63, 3.8) is 0 Å². The van der Waals surface area contributed by atoms with Crippen molar-refractivity contribution in [3.05, 3.63) is 29.6 Å². The van der Waals surface area contributed by atoms with Gasteiger partial charge in [0.15, 0.2) is 0 Å². The number of nitriles is 1. The lowest BCUT2D eigenvalue weighted by Gasteiger charge is -2.08. The Morgan fingerprint density at radius 1 is 1.67 bits per heavy atom. The fourth-order valence-electron chi connectivity index (χ4n) is 0.965. The van der Waals surface area contributed by atoms with Gasteiger partial charge in [0, 0.05) is 0 Å². The van der Waals surface area contributed by atoms with Gasteiger partial charge < -0.3 is 11.1 Å². The van der Waals surface area contributed by atoms with Crippen LogP contribution in [0.5, 0.6) is 0 Å². The number of rotatable bonds is 2. The van der Waals surface area contributed by atoms with Crippen LogP contribution in [0.15, 0.2) is 18.2 Å². The van der Waals surface area contributed by atoms with E-state index < -0.39 is 17.8 Å². The number of hydrogen-bond donors (Lipinski definition) is 2. The molecule has 0 heterocycles. The lowest BCUT2D eigenvalue weighted by molar-refractivity contribution is -0.117. The highest BCUT2D eigenvalue weighted by molar-refractivity contribution is 5.95. The minimum absolute atomic E-state index is 0.0731. The van der Waals surface area contributed by atoms with Crippen LogP contribution in [0.25, 0.3) is 0 Å². The summed E-state index contributed by atoms with van der Waals surface area (Å²) in [4.78, 5) is 11.2. The number of carbonyl (C=O) groups is 1. The van der Waals surface area contributed by atoms with Crippen LogP contribution in [0.1, 0.15) is 12.5 Å². The third kappa shape index (κ3) is 2.76. The molecule has 0 spiro atoms. The van der Waals surface area contributed by atoms with Crippen LogP contribution < -0.4 is 11.1 Å². The second kappa shape index (κ2) is 4.53. The Bertz CT molecular complexity index is 423. The lowest BCUT2D eigenvalue weighted by atomic mass is 10.2. The van der Waals surface area contributed by atoms with Gasteiger partial charge in [0.1, 0.15) is 11.9 Å². The minimum atomic E-state index is -0.679. The second-order valence-corrected chi connectivity index (χ2v) is 3.08. The maximum absolute atomic E-state index is 12.7. The van der Waals surface area contributed by atoms with Crippen molar-refractivity contribution in [2.24, 2.45) is 5.73 Å². The van der Waals surface area contributed by atoms with Gasteiger partial charge in [-0.05, 0) is 25.1 Å². The SMILES string of the molecule is C[C@H](N)C(=O)Nc1ccc(F)cc1C#N. The largest absolute Gasteiger partial charge is 0.324 e. The van der Waals surface area contributed by atoms with E-state index in [0.29, 0.717) is 0 Å². The Morgan fingerprint density at radius 3 is 2.87 bits per heavy atom. The first-order chi connectivity index (χ1) is 7.04. The van der Waals surface area contributed by atoms with Gasteiger partial charge in [-0.15, -0.1) is 0 Å². The number of benzene rings is 1. The van der Waals surface area contributed by atoms with Crippen molar-refractivity contribution < 1.29 is 9.18 Å². The van der Waals surface area contributed by atoms with E-state index in [4.69, 9.17) is 11.0 Å². The third-order valence-electron chi connectivity index (χ3n) is 1.77. The molecule has 0 aromatic heterocycles. The monoisotopic (exact) mass is 207 g/mol. The van der Waals surface area contributed by atoms with Crippen LogP contribution in [-0.2, 0) is 4.79 Å². The van der Waals surface area contributed by atoms with Crippen molar-refractivity contribution in [3.8, 4) is 6.07 Å². The number of anilines is 1. The van der Waals surface area contributed by atoms with Crippen LogP contribution in [0.2, 0.25) is 0 Å². The highest BCUT2D eigenvalue weighted by Gasteiger charge is 2.10. The van der Waals surface area contributed by atoms with Gasteiger partial charge in [-0.3, -0.25) is 4.79 Å². The van der Waals surface area contributed by atoms with Crippen LogP contribution >= 0.6 is 0 Å². The summed E-state index contributed by atoms with van der Waals surface area (Å²) in [6.07, 6.45) is 0. The molecule has 1 atom stereocenters. The Labute approximate surface area is 86.5 Å². The Kier molecular flexibility index (Phi) is 3.37. The summed E-state index contributed by atoms with van der Waals surface area (Å²) in [5.74, 6) is -0.941. The predicted molar refractivity (Wildman–Crippen MR) is 53.4 cm³/mol. The summed E-state index contributed by atoms with van der Waals surface area (Å²) in [5, 5.41) is 11.1. The van der Waals surface area contributed by atoms with E-state index in [9.17, 15) is 9.18 Å². The summed E-state index contributed by atoms with van der Waals surface area (Å²) in [6.45, 7) is 1.52. The van der Waals surface area contributed by atoms with E-state index in [-0.39, 0.29) is 11.3 Å². The molecule has 0 fully saturated rings. The summed E-state index contributed by atoms with van der Waals surface area (Å²) >= 11 is 0. The van der Waals surface area contributed by atoms with E-state index in [1.165, 1.54) is 13.0 Å². The quantitative estimate of drug-likeness (QED) is 0.758. The van der Waals surface area contributed by atoms with Gasteiger partial charge in [-0.25, -0.2) is 4.39 Å². The van der Waals surface area contributed by atoms with Gasteiger partial charge in [0.25, 0.3) is 0 Å².